The van der Waals surface area contributed by atoms with E-state index in [4.69, 9.17) is 4.74 Å². The Bertz CT molecular complexity index is 490. The number of aliphatic hydroxyl groups excluding tert-OH is 1. The van der Waals surface area contributed by atoms with Gasteiger partial charge in [0.1, 0.15) is 5.75 Å². The number of amides is 1. The summed E-state index contributed by atoms with van der Waals surface area (Å²) in [6, 6.07) is 5.35. The van der Waals surface area contributed by atoms with Crippen molar-refractivity contribution in [2.24, 2.45) is 0 Å². The molecule has 0 aliphatic carbocycles. The van der Waals surface area contributed by atoms with Crippen LogP contribution in [0.5, 0.6) is 5.75 Å². The van der Waals surface area contributed by atoms with Crippen LogP contribution in [0.2, 0.25) is 0 Å². The summed E-state index contributed by atoms with van der Waals surface area (Å²) < 4.78 is 6.47. The molecule has 2 rings (SSSR count). The fourth-order valence-corrected chi connectivity index (χ4v) is 2.96. The number of likely N-dealkylation sites (tertiary alicyclic amines) is 1. The second kappa shape index (κ2) is 6.59. The smallest absolute Gasteiger partial charge is 0.254 e. The number of aliphatic hydroxyl groups is 1. The highest BCUT2D eigenvalue weighted by atomic mass is 79.9. The number of carbonyl (C=O) groups excluding carboxylic acids is 1. The number of benzene rings is 1. The van der Waals surface area contributed by atoms with Crippen LogP contribution in [0.15, 0.2) is 22.7 Å². The predicted octanol–water partition coefficient (Wildman–Crippen LogP) is 2.83. The van der Waals surface area contributed by atoms with Gasteiger partial charge in [-0.25, -0.2) is 0 Å². The maximum atomic E-state index is 12.5. The molecule has 0 saturated carbocycles. The average Bonchev–Trinajstić information content (AvgIpc) is 2.84. The highest BCUT2D eigenvalue weighted by Gasteiger charge is 2.29. The molecule has 1 heterocycles. The Morgan fingerprint density at radius 3 is 2.90 bits per heavy atom. The third-order valence-corrected chi connectivity index (χ3v) is 3.80. The van der Waals surface area contributed by atoms with Crippen molar-refractivity contribution >= 4 is 21.8 Å². The Labute approximate surface area is 127 Å². The van der Waals surface area contributed by atoms with E-state index < -0.39 is 0 Å². The standard InChI is InChI=1S/C15H20BrNO3/c1-10(2)20-14-7-11(6-12(16)8-14)15(19)17-5-3-4-13(17)9-18/h6-8,10,13,18H,3-5,9H2,1-2H3/t13-/m1/s1. The SMILES string of the molecule is CC(C)Oc1cc(Br)cc(C(=O)N2CCC[C@@H]2CO)c1. The number of hydrogen-bond acceptors (Lipinski definition) is 3. The zero-order valence-electron chi connectivity index (χ0n) is 11.8. The van der Waals surface area contributed by atoms with Crippen LogP contribution >= 0.6 is 15.9 Å². The Balaban J connectivity index is 2.23. The molecule has 0 radical (unpaired) electrons. The van der Waals surface area contributed by atoms with E-state index in [2.05, 4.69) is 15.9 Å². The van der Waals surface area contributed by atoms with Gasteiger partial charge in [0, 0.05) is 16.6 Å². The summed E-state index contributed by atoms with van der Waals surface area (Å²) in [6.07, 6.45) is 1.87. The number of rotatable bonds is 4. The van der Waals surface area contributed by atoms with E-state index in [1.54, 1.807) is 17.0 Å². The summed E-state index contributed by atoms with van der Waals surface area (Å²) in [5, 5.41) is 9.33. The van der Waals surface area contributed by atoms with Gasteiger partial charge in [0.05, 0.1) is 18.8 Å². The maximum Gasteiger partial charge on any atom is 0.254 e. The average molecular weight is 342 g/mol. The molecule has 1 saturated heterocycles. The van der Waals surface area contributed by atoms with Gasteiger partial charge in [0.25, 0.3) is 5.91 Å². The number of halogens is 1. The Hall–Kier alpha value is -1.07. The van der Waals surface area contributed by atoms with E-state index in [1.807, 2.05) is 19.9 Å². The number of ether oxygens (including phenoxy) is 1. The highest BCUT2D eigenvalue weighted by molar-refractivity contribution is 9.10. The molecule has 1 aliphatic rings. The minimum absolute atomic E-state index is 0.0229. The normalized spacial score (nSPS) is 18.6. The summed E-state index contributed by atoms with van der Waals surface area (Å²) in [6.45, 7) is 4.63. The van der Waals surface area contributed by atoms with Crippen molar-refractivity contribution in [2.45, 2.75) is 38.8 Å². The number of nitrogens with zero attached hydrogens (tertiary/aromatic N) is 1. The molecule has 0 unspecified atom stereocenters. The van der Waals surface area contributed by atoms with Gasteiger partial charge >= 0.3 is 0 Å². The van der Waals surface area contributed by atoms with Gasteiger partial charge < -0.3 is 14.7 Å². The predicted molar refractivity (Wildman–Crippen MR) is 81.1 cm³/mol. The molecule has 4 nitrogen and oxygen atoms in total. The highest BCUT2D eigenvalue weighted by Crippen LogP contribution is 2.26. The van der Waals surface area contributed by atoms with Crippen LogP contribution in [-0.4, -0.2) is 41.2 Å². The lowest BCUT2D eigenvalue weighted by Gasteiger charge is -2.23. The van der Waals surface area contributed by atoms with Crippen LogP contribution in [0.1, 0.15) is 37.0 Å². The van der Waals surface area contributed by atoms with Crippen molar-refractivity contribution in [3.63, 3.8) is 0 Å². The quantitative estimate of drug-likeness (QED) is 0.915. The van der Waals surface area contributed by atoms with E-state index in [0.29, 0.717) is 17.9 Å². The van der Waals surface area contributed by atoms with Crippen molar-refractivity contribution in [3.05, 3.63) is 28.2 Å². The van der Waals surface area contributed by atoms with Gasteiger partial charge in [-0.2, -0.15) is 0 Å². The summed E-state index contributed by atoms with van der Waals surface area (Å²) in [5.74, 6) is 0.633. The molecular weight excluding hydrogens is 322 g/mol. The zero-order valence-corrected chi connectivity index (χ0v) is 13.4. The van der Waals surface area contributed by atoms with Gasteiger partial charge in [-0.1, -0.05) is 15.9 Å². The van der Waals surface area contributed by atoms with Crippen LogP contribution in [0, 0.1) is 0 Å². The largest absolute Gasteiger partial charge is 0.491 e. The van der Waals surface area contributed by atoms with E-state index in [0.717, 1.165) is 17.3 Å². The second-order valence-electron chi connectivity index (χ2n) is 5.32. The van der Waals surface area contributed by atoms with Crippen LogP contribution < -0.4 is 4.74 Å². The molecule has 1 aliphatic heterocycles. The lowest BCUT2D eigenvalue weighted by Crippen LogP contribution is -2.37. The topological polar surface area (TPSA) is 49.8 Å². The molecule has 1 N–H and O–H groups in total. The van der Waals surface area contributed by atoms with Crippen molar-refractivity contribution in [3.8, 4) is 5.75 Å². The van der Waals surface area contributed by atoms with Crippen molar-refractivity contribution in [2.75, 3.05) is 13.2 Å². The van der Waals surface area contributed by atoms with Gasteiger partial charge in [-0.05, 0) is 44.9 Å². The van der Waals surface area contributed by atoms with Crippen molar-refractivity contribution < 1.29 is 14.6 Å². The molecule has 110 valence electrons. The Morgan fingerprint density at radius 2 is 2.25 bits per heavy atom. The molecule has 1 amide bonds. The zero-order chi connectivity index (χ0) is 14.7. The second-order valence-corrected chi connectivity index (χ2v) is 6.24. The van der Waals surface area contributed by atoms with Crippen LogP contribution in [0.3, 0.4) is 0 Å². The minimum Gasteiger partial charge on any atom is -0.491 e. The molecule has 20 heavy (non-hydrogen) atoms. The third-order valence-electron chi connectivity index (χ3n) is 3.34. The maximum absolute atomic E-state index is 12.5. The molecule has 0 bridgehead atoms. The summed E-state index contributed by atoms with van der Waals surface area (Å²) >= 11 is 3.41. The first-order chi connectivity index (χ1) is 9.51. The summed E-state index contributed by atoms with van der Waals surface area (Å²) in [7, 11) is 0. The first-order valence-corrected chi connectivity index (χ1v) is 7.69. The van der Waals surface area contributed by atoms with Gasteiger partial charge in [-0.3, -0.25) is 4.79 Å². The fraction of sp³-hybridized carbons (Fsp3) is 0.533. The van der Waals surface area contributed by atoms with E-state index in [1.165, 1.54) is 0 Å². The van der Waals surface area contributed by atoms with Gasteiger partial charge in [0.2, 0.25) is 0 Å². The number of carbonyl (C=O) groups is 1. The van der Waals surface area contributed by atoms with E-state index in [-0.39, 0.29) is 24.7 Å². The molecule has 1 aromatic rings. The lowest BCUT2D eigenvalue weighted by atomic mass is 10.1. The molecule has 5 heteroatoms. The first-order valence-electron chi connectivity index (χ1n) is 6.90. The Kier molecular flexibility index (Phi) is 5.05. The monoisotopic (exact) mass is 341 g/mol. The van der Waals surface area contributed by atoms with Crippen LogP contribution in [-0.2, 0) is 0 Å². The minimum atomic E-state index is -0.0593. The lowest BCUT2D eigenvalue weighted by molar-refractivity contribution is 0.0677. The molecule has 0 aromatic heterocycles. The summed E-state index contributed by atoms with van der Waals surface area (Å²) in [5.41, 5.74) is 0.593. The molecule has 1 atom stereocenters. The van der Waals surface area contributed by atoms with E-state index in [9.17, 15) is 9.90 Å². The molecular formula is C15H20BrNO3. The summed E-state index contributed by atoms with van der Waals surface area (Å²) in [4.78, 5) is 14.3. The van der Waals surface area contributed by atoms with Crippen LogP contribution in [0.25, 0.3) is 0 Å². The van der Waals surface area contributed by atoms with E-state index >= 15 is 0 Å². The van der Waals surface area contributed by atoms with Gasteiger partial charge in [-0.15, -0.1) is 0 Å². The number of hydrogen-bond donors (Lipinski definition) is 1. The third kappa shape index (κ3) is 3.52. The Morgan fingerprint density at radius 1 is 1.50 bits per heavy atom. The van der Waals surface area contributed by atoms with Crippen LogP contribution in [0.4, 0.5) is 0 Å². The molecule has 1 aromatic carbocycles. The fourth-order valence-electron chi connectivity index (χ4n) is 2.49. The van der Waals surface area contributed by atoms with Crippen molar-refractivity contribution in [1.29, 1.82) is 0 Å². The molecule has 1 fully saturated rings. The molecule has 0 spiro atoms. The first kappa shape index (κ1) is 15.3. The van der Waals surface area contributed by atoms with Gasteiger partial charge in [0.15, 0.2) is 0 Å². The van der Waals surface area contributed by atoms with Crippen molar-refractivity contribution in [1.82, 2.24) is 4.90 Å².